The second kappa shape index (κ2) is 7.14. The van der Waals surface area contributed by atoms with Crippen LogP contribution in [0.5, 0.6) is 0 Å². The molecule has 0 aromatic carbocycles. The molecule has 15 heavy (non-hydrogen) atoms. The first-order valence-electron chi connectivity index (χ1n) is 5.05. The Labute approximate surface area is 92.8 Å². The van der Waals surface area contributed by atoms with Crippen molar-refractivity contribution >= 4 is 16.9 Å². The highest BCUT2D eigenvalue weighted by Crippen LogP contribution is 2.24. The van der Waals surface area contributed by atoms with Crippen LogP contribution in [-0.2, 0) is 4.79 Å². The van der Waals surface area contributed by atoms with Crippen molar-refractivity contribution in [2.45, 2.75) is 51.6 Å². The number of rotatable bonds is 7. The molecule has 0 saturated heterocycles. The average molecular weight is 242 g/mol. The van der Waals surface area contributed by atoms with Crippen LogP contribution in [0.3, 0.4) is 0 Å². The Morgan fingerprint density at radius 1 is 1.40 bits per heavy atom. The van der Waals surface area contributed by atoms with Crippen molar-refractivity contribution in [1.29, 1.82) is 0 Å². The van der Waals surface area contributed by atoms with Crippen molar-refractivity contribution in [1.82, 2.24) is 0 Å². The summed E-state index contributed by atoms with van der Waals surface area (Å²) in [6.07, 6.45) is -0.723. The number of hydrogen-bond acceptors (Lipinski definition) is 2. The van der Waals surface area contributed by atoms with Crippen molar-refractivity contribution in [3.05, 3.63) is 0 Å². The molecule has 0 aromatic rings. The molecule has 1 atom stereocenters. The van der Waals surface area contributed by atoms with Crippen LogP contribution in [-0.4, -0.2) is 23.0 Å². The van der Waals surface area contributed by atoms with Crippen LogP contribution in [0.15, 0.2) is 0 Å². The molecule has 0 saturated carbocycles. The van der Waals surface area contributed by atoms with Crippen molar-refractivity contribution in [3.8, 4) is 0 Å². The molecule has 1 nitrogen and oxygen atoms in total. The summed E-state index contributed by atoms with van der Waals surface area (Å²) in [5.41, 5.74) is 0. The van der Waals surface area contributed by atoms with Crippen molar-refractivity contribution in [3.63, 3.8) is 0 Å². The van der Waals surface area contributed by atoms with Gasteiger partial charge in [-0.1, -0.05) is 18.7 Å². The predicted octanol–water partition coefficient (Wildman–Crippen LogP) is 3.82. The molecule has 0 aromatic heterocycles. The third kappa shape index (κ3) is 7.71. The molecule has 5 heteroatoms. The number of halogens is 3. The van der Waals surface area contributed by atoms with Gasteiger partial charge in [-0.25, -0.2) is 13.2 Å². The smallest absolute Gasteiger partial charge is 0.275 e. The van der Waals surface area contributed by atoms with Crippen LogP contribution in [0.25, 0.3) is 0 Å². The monoisotopic (exact) mass is 242 g/mol. The minimum atomic E-state index is -3.24. The SMILES string of the molecule is CCC(=O)SCCCCC(F)C(C)(F)F. The molecule has 0 spiro atoms. The Bertz CT molecular complexity index is 192. The molecule has 1 unspecified atom stereocenters. The second-order valence-electron chi connectivity index (χ2n) is 3.49. The van der Waals surface area contributed by atoms with E-state index in [4.69, 9.17) is 0 Å². The summed E-state index contributed by atoms with van der Waals surface area (Å²) in [7, 11) is 0. The summed E-state index contributed by atoms with van der Waals surface area (Å²) < 4.78 is 37.5. The van der Waals surface area contributed by atoms with Gasteiger partial charge in [0.05, 0.1) is 0 Å². The van der Waals surface area contributed by atoms with E-state index in [0.717, 1.165) is 0 Å². The molecule has 0 aliphatic carbocycles. The first kappa shape index (κ1) is 14.8. The van der Waals surface area contributed by atoms with Gasteiger partial charge in [0, 0.05) is 19.1 Å². The van der Waals surface area contributed by atoms with E-state index in [9.17, 15) is 18.0 Å². The maximum absolute atomic E-state index is 12.7. The molecule has 0 fully saturated rings. The third-order valence-corrected chi connectivity index (χ3v) is 3.06. The van der Waals surface area contributed by atoms with Crippen LogP contribution in [0.4, 0.5) is 13.2 Å². The predicted molar refractivity (Wildman–Crippen MR) is 57.1 cm³/mol. The van der Waals surface area contributed by atoms with Gasteiger partial charge in [0.25, 0.3) is 5.92 Å². The standard InChI is InChI=1S/C10H17F3OS/c1-3-9(14)15-7-5-4-6-8(11)10(2,12)13/h8H,3-7H2,1-2H3. The zero-order valence-corrected chi connectivity index (χ0v) is 9.88. The summed E-state index contributed by atoms with van der Waals surface area (Å²) in [5, 5.41) is 0.0904. The van der Waals surface area contributed by atoms with Gasteiger partial charge < -0.3 is 0 Å². The van der Waals surface area contributed by atoms with Gasteiger partial charge in [-0.05, 0) is 19.3 Å². The first-order valence-corrected chi connectivity index (χ1v) is 6.04. The second-order valence-corrected chi connectivity index (χ2v) is 4.65. The minimum Gasteiger partial charge on any atom is -0.287 e. The van der Waals surface area contributed by atoms with Crippen molar-refractivity contribution in [2.24, 2.45) is 0 Å². The highest BCUT2D eigenvalue weighted by Gasteiger charge is 2.33. The van der Waals surface area contributed by atoms with E-state index in [0.29, 0.717) is 31.9 Å². The lowest BCUT2D eigenvalue weighted by atomic mass is 10.1. The lowest BCUT2D eigenvalue weighted by Crippen LogP contribution is -2.25. The van der Waals surface area contributed by atoms with Gasteiger partial charge in [0.15, 0.2) is 11.3 Å². The Kier molecular flexibility index (Phi) is 7.05. The Morgan fingerprint density at radius 3 is 2.47 bits per heavy atom. The fourth-order valence-electron chi connectivity index (χ4n) is 0.967. The number of carbonyl (C=O) groups excluding carboxylic acids is 1. The van der Waals surface area contributed by atoms with E-state index in [-0.39, 0.29) is 11.5 Å². The number of thioether (sulfide) groups is 1. The molecule has 0 aliphatic heterocycles. The Morgan fingerprint density at radius 2 is 2.00 bits per heavy atom. The zero-order chi connectivity index (χ0) is 11.9. The largest absolute Gasteiger partial charge is 0.287 e. The van der Waals surface area contributed by atoms with Crippen molar-refractivity contribution < 1.29 is 18.0 Å². The fraction of sp³-hybridized carbons (Fsp3) is 0.900. The summed E-state index contributed by atoms with van der Waals surface area (Å²) in [5.74, 6) is -2.65. The van der Waals surface area contributed by atoms with Crippen LogP contribution in [0, 0.1) is 0 Å². The summed E-state index contributed by atoms with van der Waals surface area (Å²) in [6, 6.07) is 0. The maximum Gasteiger partial charge on any atom is 0.275 e. The van der Waals surface area contributed by atoms with Gasteiger partial charge in [-0.15, -0.1) is 0 Å². The number of alkyl halides is 3. The van der Waals surface area contributed by atoms with Crippen LogP contribution in [0.1, 0.15) is 39.5 Å². The van der Waals surface area contributed by atoms with E-state index in [1.54, 1.807) is 6.92 Å². The maximum atomic E-state index is 12.7. The Balaban J connectivity index is 3.43. The fourth-order valence-corrected chi connectivity index (χ4v) is 1.75. The Hall–Kier alpha value is -0.190. The molecule has 90 valence electrons. The quantitative estimate of drug-likeness (QED) is 0.631. The molecule has 0 amide bonds. The zero-order valence-electron chi connectivity index (χ0n) is 9.06. The lowest BCUT2D eigenvalue weighted by Gasteiger charge is -2.15. The van der Waals surface area contributed by atoms with Gasteiger partial charge in [-0.2, -0.15) is 0 Å². The van der Waals surface area contributed by atoms with Crippen LogP contribution in [0.2, 0.25) is 0 Å². The van der Waals surface area contributed by atoms with E-state index in [1.165, 1.54) is 11.8 Å². The van der Waals surface area contributed by atoms with Gasteiger partial charge in [0.2, 0.25) is 0 Å². The number of hydrogen-bond donors (Lipinski definition) is 0. The molecule has 0 N–H and O–H groups in total. The number of carbonyl (C=O) groups is 1. The summed E-state index contributed by atoms with van der Waals surface area (Å²) >= 11 is 1.19. The van der Waals surface area contributed by atoms with Crippen molar-refractivity contribution in [2.75, 3.05) is 5.75 Å². The van der Waals surface area contributed by atoms with Crippen LogP contribution < -0.4 is 0 Å². The summed E-state index contributed by atoms with van der Waals surface area (Å²) in [4.78, 5) is 10.8. The lowest BCUT2D eigenvalue weighted by molar-refractivity contribution is -0.110. The molecular formula is C10H17F3OS. The topological polar surface area (TPSA) is 17.1 Å². The van der Waals surface area contributed by atoms with E-state index in [1.807, 2.05) is 0 Å². The molecular weight excluding hydrogens is 225 g/mol. The molecule has 0 aliphatic rings. The van der Waals surface area contributed by atoms with E-state index >= 15 is 0 Å². The molecule has 0 radical (unpaired) electrons. The average Bonchev–Trinajstić information content (AvgIpc) is 2.15. The van der Waals surface area contributed by atoms with Gasteiger partial charge >= 0.3 is 0 Å². The molecule has 0 heterocycles. The molecule has 0 rings (SSSR count). The number of unbranched alkanes of at least 4 members (excludes halogenated alkanes) is 1. The highest BCUT2D eigenvalue weighted by atomic mass is 32.2. The normalized spacial score (nSPS) is 13.9. The van der Waals surface area contributed by atoms with E-state index < -0.39 is 12.1 Å². The first-order chi connectivity index (χ1) is 6.88. The van der Waals surface area contributed by atoms with Gasteiger partial charge in [-0.3, -0.25) is 4.79 Å². The third-order valence-electron chi connectivity index (χ3n) is 1.95. The van der Waals surface area contributed by atoms with Crippen LogP contribution >= 0.6 is 11.8 Å². The van der Waals surface area contributed by atoms with E-state index in [2.05, 4.69) is 0 Å². The highest BCUT2D eigenvalue weighted by molar-refractivity contribution is 8.13. The van der Waals surface area contributed by atoms with Gasteiger partial charge in [0.1, 0.15) is 0 Å². The summed E-state index contributed by atoms with van der Waals surface area (Å²) in [6.45, 7) is 2.36. The minimum absolute atomic E-state index is 0.0904. The molecule has 0 bridgehead atoms.